The molecule has 2 rings (SSSR count). The van der Waals surface area contributed by atoms with E-state index >= 15 is 0 Å². The molecule has 1 aromatic heterocycles. The highest BCUT2D eigenvalue weighted by molar-refractivity contribution is 7.12. The van der Waals surface area contributed by atoms with E-state index in [9.17, 15) is 0 Å². The molecule has 17 heavy (non-hydrogen) atoms. The Morgan fingerprint density at radius 1 is 1.24 bits per heavy atom. The number of rotatable bonds is 4. The van der Waals surface area contributed by atoms with E-state index in [1.54, 1.807) is 0 Å². The molecule has 2 nitrogen and oxygen atoms in total. The van der Waals surface area contributed by atoms with Gasteiger partial charge in [0, 0.05) is 21.5 Å². The van der Waals surface area contributed by atoms with Gasteiger partial charge in [0.2, 0.25) is 0 Å². The first-order valence-electron chi connectivity index (χ1n) is 5.77. The summed E-state index contributed by atoms with van der Waals surface area (Å²) in [6.07, 6.45) is 0.934. The minimum atomic E-state index is 0.346. The van der Waals surface area contributed by atoms with Gasteiger partial charge in [0.1, 0.15) is 0 Å². The zero-order valence-corrected chi connectivity index (χ0v) is 11.1. The first-order valence-corrected chi connectivity index (χ1v) is 6.59. The third kappa shape index (κ3) is 2.87. The molecule has 0 aliphatic carbocycles. The van der Waals surface area contributed by atoms with Crippen LogP contribution in [0.3, 0.4) is 0 Å². The summed E-state index contributed by atoms with van der Waals surface area (Å²) in [5.41, 5.74) is 8.06. The fraction of sp³-hybridized carbons (Fsp3) is 0.286. The average Bonchev–Trinajstić information content (AvgIpc) is 2.75. The van der Waals surface area contributed by atoms with Crippen molar-refractivity contribution in [2.75, 3.05) is 12.8 Å². The van der Waals surface area contributed by atoms with Crippen LogP contribution < -0.4 is 11.1 Å². The molecule has 90 valence electrons. The molecule has 0 aliphatic heterocycles. The Hall–Kier alpha value is -1.32. The third-order valence-corrected chi connectivity index (χ3v) is 4.05. The number of aryl methyl sites for hydroxylation is 1. The number of nitrogen functional groups attached to an aromatic ring is 1. The van der Waals surface area contributed by atoms with Crippen LogP contribution >= 0.6 is 11.3 Å². The molecule has 0 fully saturated rings. The summed E-state index contributed by atoms with van der Waals surface area (Å²) in [4.78, 5) is 2.72. The van der Waals surface area contributed by atoms with Gasteiger partial charge in [0.05, 0.1) is 0 Å². The predicted molar refractivity (Wildman–Crippen MR) is 75.4 cm³/mol. The van der Waals surface area contributed by atoms with Crippen molar-refractivity contribution in [1.82, 2.24) is 5.32 Å². The molecule has 2 aromatic rings. The zero-order valence-electron chi connectivity index (χ0n) is 10.2. The fourth-order valence-corrected chi connectivity index (χ4v) is 2.91. The van der Waals surface area contributed by atoms with Crippen molar-refractivity contribution < 1.29 is 0 Å². The van der Waals surface area contributed by atoms with Crippen molar-refractivity contribution in [1.29, 1.82) is 0 Å². The minimum absolute atomic E-state index is 0.346. The summed E-state index contributed by atoms with van der Waals surface area (Å²) >= 11 is 1.84. The lowest BCUT2D eigenvalue weighted by Gasteiger charge is -2.15. The summed E-state index contributed by atoms with van der Waals surface area (Å²) in [6.45, 7) is 2.14. The second-order valence-corrected chi connectivity index (χ2v) is 5.51. The van der Waals surface area contributed by atoms with Crippen molar-refractivity contribution in [3.63, 3.8) is 0 Å². The highest BCUT2D eigenvalue weighted by Crippen LogP contribution is 2.26. The Kier molecular flexibility index (Phi) is 3.82. The van der Waals surface area contributed by atoms with E-state index in [0.29, 0.717) is 6.04 Å². The van der Waals surface area contributed by atoms with Crippen LogP contribution in [-0.2, 0) is 6.42 Å². The Morgan fingerprint density at radius 2 is 2.00 bits per heavy atom. The molecule has 1 unspecified atom stereocenters. The Labute approximate surface area is 106 Å². The molecule has 0 saturated heterocycles. The van der Waals surface area contributed by atoms with E-state index in [-0.39, 0.29) is 0 Å². The third-order valence-electron chi connectivity index (χ3n) is 2.93. The van der Waals surface area contributed by atoms with E-state index in [0.717, 1.165) is 12.1 Å². The number of para-hydroxylation sites is 1. The lowest BCUT2D eigenvalue weighted by atomic mass is 10.0. The molecule has 3 N–H and O–H groups in total. The van der Waals surface area contributed by atoms with E-state index < -0.39 is 0 Å². The average molecular weight is 246 g/mol. The quantitative estimate of drug-likeness (QED) is 0.813. The first kappa shape index (κ1) is 12.1. The van der Waals surface area contributed by atoms with Crippen molar-refractivity contribution in [3.05, 3.63) is 51.7 Å². The molecule has 0 radical (unpaired) electrons. The highest BCUT2D eigenvalue weighted by atomic mass is 32.1. The van der Waals surface area contributed by atoms with E-state index in [4.69, 9.17) is 5.73 Å². The maximum Gasteiger partial charge on any atom is 0.0454 e. The van der Waals surface area contributed by atoms with Crippen LogP contribution in [0.1, 0.15) is 21.4 Å². The molecule has 1 heterocycles. The van der Waals surface area contributed by atoms with E-state index in [2.05, 4.69) is 30.4 Å². The predicted octanol–water partition coefficient (Wildman–Crippen LogP) is 3.14. The van der Waals surface area contributed by atoms with Crippen LogP contribution in [0, 0.1) is 6.92 Å². The van der Waals surface area contributed by atoms with Crippen molar-refractivity contribution in [2.24, 2.45) is 0 Å². The summed E-state index contributed by atoms with van der Waals surface area (Å²) in [5, 5.41) is 3.36. The van der Waals surface area contributed by atoms with Crippen molar-refractivity contribution in [2.45, 2.75) is 19.4 Å². The van der Waals surface area contributed by atoms with Crippen LogP contribution in [0.4, 0.5) is 5.69 Å². The van der Waals surface area contributed by atoms with Gasteiger partial charge in [0.25, 0.3) is 0 Å². The summed E-state index contributed by atoms with van der Waals surface area (Å²) in [6, 6.07) is 12.8. The highest BCUT2D eigenvalue weighted by Gasteiger charge is 2.13. The maximum atomic E-state index is 5.98. The van der Waals surface area contributed by atoms with Crippen LogP contribution in [0.2, 0.25) is 0 Å². The summed E-state index contributed by atoms with van der Waals surface area (Å²) < 4.78 is 0. The van der Waals surface area contributed by atoms with E-state index in [1.165, 1.54) is 15.3 Å². The second kappa shape index (κ2) is 5.34. The molecular weight excluding hydrogens is 228 g/mol. The fourth-order valence-electron chi connectivity index (χ4n) is 1.93. The maximum absolute atomic E-state index is 5.98. The van der Waals surface area contributed by atoms with Gasteiger partial charge in [-0.3, -0.25) is 0 Å². The monoisotopic (exact) mass is 246 g/mol. The van der Waals surface area contributed by atoms with Crippen molar-refractivity contribution in [3.8, 4) is 0 Å². The number of likely N-dealkylation sites (N-methyl/N-ethyl adjacent to an activating group) is 1. The van der Waals surface area contributed by atoms with Gasteiger partial charge in [-0.15, -0.1) is 11.3 Å². The molecule has 0 bridgehead atoms. The molecule has 1 atom stereocenters. The molecule has 0 aliphatic rings. The first-order chi connectivity index (χ1) is 8.20. The molecule has 3 heteroatoms. The zero-order chi connectivity index (χ0) is 12.3. The van der Waals surface area contributed by atoms with Gasteiger partial charge >= 0.3 is 0 Å². The topological polar surface area (TPSA) is 38.0 Å². The summed E-state index contributed by atoms with van der Waals surface area (Å²) in [5.74, 6) is 0. The van der Waals surface area contributed by atoms with Gasteiger partial charge in [0.15, 0.2) is 0 Å². The minimum Gasteiger partial charge on any atom is -0.399 e. The van der Waals surface area contributed by atoms with Crippen molar-refractivity contribution >= 4 is 17.0 Å². The van der Waals surface area contributed by atoms with Crippen LogP contribution in [0.25, 0.3) is 0 Å². The van der Waals surface area contributed by atoms with Gasteiger partial charge in [-0.1, -0.05) is 18.2 Å². The number of hydrogen-bond acceptors (Lipinski definition) is 3. The number of nitrogens with one attached hydrogen (secondary N) is 1. The standard InChI is InChI=1S/C14H18N2S/c1-10-7-8-14(17-10)13(16-2)9-11-5-3-4-6-12(11)15/h3-8,13,16H,9,15H2,1-2H3. The van der Waals surface area contributed by atoms with E-state index in [1.807, 2.05) is 36.6 Å². The van der Waals surface area contributed by atoms with Crippen LogP contribution in [0.5, 0.6) is 0 Å². The van der Waals surface area contributed by atoms with Crippen LogP contribution in [0.15, 0.2) is 36.4 Å². The smallest absolute Gasteiger partial charge is 0.0454 e. The molecule has 1 aromatic carbocycles. The Morgan fingerprint density at radius 3 is 2.59 bits per heavy atom. The van der Waals surface area contributed by atoms with Gasteiger partial charge < -0.3 is 11.1 Å². The molecule has 0 saturated carbocycles. The molecular formula is C14H18N2S. The number of anilines is 1. The second-order valence-electron chi connectivity index (χ2n) is 4.19. The number of thiophene rings is 1. The molecule has 0 amide bonds. The molecule has 0 spiro atoms. The summed E-state index contributed by atoms with van der Waals surface area (Å²) in [7, 11) is 2.00. The lowest BCUT2D eigenvalue weighted by Crippen LogP contribution is -2.18. The van der Waals surface area contributed by atoms with Gasteiger partial charge in [-0.25, -0.2) is 0 Å². The van der Waals surface area contributed by atoms with Crippen LogP contribution in [-0.4, -0.2) is 7.05 Å². The lowest BCUT2D eigenvalue weighted by molar-refractivity contribution is 0.603. The number of nitrogens with two attached hydrogens (primary N) is 1. The largest absolute Gasteiger partial charge is 0.399 e. The van der Waals surface area contributed by atoms with Gasteiger partial charge in [-0.05, 0) is 44.2 Å². The van der Waals surface area contributed by atoms with Gasteiger partial charge in [-0.2, -0.15) is 0 Å². The Balaban J connectivity index is 2.18. The Bertz CT molecular complexity index is 490. The normalized spacial score (nSPS) is 12.6. The number of benzene rings is 1. The SMILES string of the molecule is CNC(Cc1ccccc1N)c1ccc(C)s1. The number of hydrogen-bond donors (Lipinski definition) is 2.